The van der Waals surface area contributed by atoms with Crippen molar-refractivity contribution in [2.75, 3.05) is 0 Å². The van der Waals surface area contributed by atoms with Gasteiger partial charge in [-0.25, -0.2) is 9.97 Å². The van der Waals surface area contributed by atoms with Crippen LogP contribution in [-0.2, 0) is 0 Å². The largest absolute Gasteiger partial charge is 0.346 e. The minimum Gasteiger partial charge on any atom is -0.346 e. The summed E-state index contributed by atoms with van der Waals surface area (Å²) in [6, 6.07) is 10.0. The molecule has 0 bridgehead atoms. The van der Waals surface area contributed by atoms with Crippen LogP contribution in [0.2, 0.25) is 0 Å². The molecule has 4 rings (SSSR count). The van der Waals surface area contributed by atoms with E-state index < -0.39 is 0 Å². The van der Waals surface area contributed by atoms with Gasteiger partial charge in [0.1, 0.15) is 16.7 Å². The summed E-state index contributed by atoms with van der Waals surface area (Å²) in [6.07, 6.45) is 3.60. The summed E-state index contributed by atoms with van der Waals surface area (Å²) in [7, 11) is 0. The van der Waals surface area contributed by atoms with Crippen molar-refractivity contribution in [3.8, 4) is 21.3 Å². The van der Waals surface area contributed by atoms with E-state index >= 15 is 0 Å². The summed E-state index contributed by atoms with van der Waals surface area (Å²) in [5.74, 6) is 1.87. The molecule has 7 heteroatoms. The number of benzene rings is 1. The molecule has 0 aliphatic carbocycles. The molecule has 4 aromatic rings. The predicted octanol–water partition coefficient (Wildman–Crippen LogP) is 4.96. The maximum atomic E-state index is 4.19. The Morgan fingerprint density at radius 3 is 1.88 bits per heavy atom. The highest BCUT2D eigenvalue weighted by atomic mass is 32.1. The maximum Gasteiger partial charge on any atom is 0.166 e. The Hall–Kier alpha value is -2.80. The van der Waals surface area contributed by atoms with Crippen molar-refractivity contribution < 1.29 is 0 Å². The molecule has 0 aliphatic heterocycles. The third kappa shape index (κ3) is 5.35. The first-order valence-electron chi connectivity index (χ1n) is 8.51. The van der Waals surface area contributed by atoms with Gasteiger partial charge >= 0.3 is 0 Å². The summed E-state index contributed by atoms with van der Waals surface area (Å²) < 4.78 is 0. The van der Waals surface area contributed by atoms with Crippen LogP contribution in [0, 0.1) is 20.8 Å². The van der Waals surface area contributed by atoms with Crippen molar-refractivity contribution in [2.24, 2.45) is 0 Å². The van der Waals surface area contributed by atoms with Crippen LogP contribution in [0.15, 0.2) is 42.7 Å². The number of imidazole rings is 2. The van der Waals surface area contributed by atoms with E-state index in [1.165, 1.54) is 0 Å². The highest BCUT2D eigenvalue weighted by Gasteiger charge is 2.09. The van der Waals surface area contributed by atoms with Gasteiger partial charge in [-0.1, -0.05) is 55.5 Å². The van der Waals surface area contributed by atoms with Crippen LogP contribution >= 0.6 is 11.3 Å². The van der Waals surface area contributed by atoms with Gasteiger partial charge in [-0.2, -0.15) is 0 Å². The van der Waals surface area contributed by atoms with Crippen LogP contribution in [0.4, 0.5) is 0 Å². The van der Waals surface area contributed by atoms with E-state index in [9.17, 15) is 0 Å². The quantitative estimate of drug-likeness (QED) is 0.524. The third-order valence-corrected chi connectivity index (χ3v) is 4.21. The van der Waals surface area contributed by atoms with E-state index in [2.05, 4.69) is 30.1 Å². The fourth-order valence-electron chi connectivity index (χ4n) is 2.10. The molecular formula is C19H24N6S. The first-order valence-corrected chi connectivity index (χ1v) is 9.32. The van der Waals surface area contributed by atoms with Crippen molar-refractivity contribution in [2.45, 2.75) is 34.6 Å². The highest BCUT2D eigenvalue weighted by molar-refractivity contribution is 7.17. The van der Waals surface area contributed by atoms with Crippen LogP contribution < -0.4 is 0 Å². The Bertz CT molecular complexity index is 890. The van der Waals surface area contributed by atoms with E-state index in [1.807, 2.05) is 71.1 Å². The van der Waals surface area contributed by atoms with Gasteiger partial charge in [0.25, 0.3) is 0 Å². The Morgan fingerprint density at radius 2 is 1.38 bits per heavy atom. The summed E-state index contributed by atoms with van der Waals surface area (Å²) in [5.41, 5.74) is 3.13. The molecule has 136 valence electrons. The molecule has 0 aliphatic rings. The lowest BCUT2D eigenvalue weighted by Gasteiger charge is -1.91. The van der Waals surface area contributed by atoms with Crippen molar-refractivity contribution in [3.05, 3.63) is 60.1 Å². The van der Waals surface area contributed by atoms with E-state index in [4.69, 9.17) is 0 Å². The summed E-state index contributed by atoms with van der Waals surface area (Å²) in [5, 5.41) is 10.2. The Morgan fingerprint density at radius 1 is 0.769 bits per heavy atom. The molecule has 3 heterocycles. The molecule has 0 radical (unpaired) electrons. The molecule has 0 unspecified atom stereocenters. The zero-order chi connectivity index (χ0) is 18.9. The van der Waals surface area contributed by atoms with Crippen LogP contribution in [0.1, 0.15) is 31.2 Å². The first-order chi connectivity index (χ1) is 12.6. The van der Waals surface area contributed by atoms with Gasteiger partial charge in [-0.15, -0.1) is 10.2 Å². The number of hydrogen-bond acceptors (Lipinski definition) is 5. The molecular weight excluding hydrogens is 344 g/mol. The molecule has 0 saturated carbocycles. The van der Waals surface area contributed by atoms with Gasteiger partial charge in [-0.3, -0.25) is 0 Å². The molecule has 3 aromatic heterocycles. The predicted molar refractivity (Wildman–Crippen MR) is 107 cm³/mol. The number of nitrogens with one attached hydrogen (secondary N) is 2. The number of nitrogens with zero attached hydrogens (tertiary/aromatic N) is 4. The molecule has 6 nitrogen and oxygen atoms in total. The lowest BCUT2D eigenvalue weighted by atomic mass is 10.2. The zero-order valence-corrected chi connectivity index (χ0v) is 16.6. The van der Waals surface area contributed by atoms with Crippen LogP contribution in [0.3, 0.4) is 0 Å². The second-order valence-electron chi connectivity index (χ2n) is 5.31. The molecule has 0 fully saturated rings. The fraction of sp³-hybridized carbons (Fsp3) is 0.263. The molecule has 2 N–H and O–H groups in total. The monoisotopic (exact) mass is 368 g/mol. The SMILES string of the molecule is CC.Cc1cnc(C)[nH]1.Cc1ncc(-c2nnc(-c3ccccc3)s2)[nH]1. The second kappa shape index (κ2) is 9.62. The average molecular weight is 369 g/mol. The molecule has 26 heavy (non-hydrogen) atoms. The number of aryl methyl sites for hydroxylation is 3. The molecule has 0 amide bonds. The highest BCUT2D eigenvalue weighted by Crippen LogP contribution is 2.28. The topological polar surface area (TPSA) is 83.1 Å². The number of hydrogen-bond donors (Lipinski definition) is 2. The number of aromatic nitrogens is 6. The van der Waals surface area contributed by atoms with Crippen molar-refractivity contribution >= 4 is 11.3 Å². The maximum absolute atomic E-state index is 4.19. The fourth-order valence-corrected chi connectivity index (χ4v) is 2.92. The van der Waals surface area contributed by atoms with Crippen LogP contribution in [0.25, 0.3) is 21.3 Å². The Kier molecular flexibility index (Phi) is 7.23. The van der Waals surface area contributed by atoms with Gasteiger partial charge in [0.2, 0.25) is 0 Å². The molecule has 0 saturated heterocycles. The molecule has 1 aromatic carbocycles. The van der Waals surface area contributed by atoms with Gasteiger partial charge < -0.3 is 9.97 Å². The first kappa shape index (κ1) is 19.5. The number of H-pyrrole nitrogens is 2. The van der Waals surface area contributed by atoms with E-state index in [0.717, 1.165) is 38.6 Å². The Balaban J connectivity index is 0.000000227. The van der Waals surface area contributed by atoms with Crippen LogP contribution in [0.5, 0.6) is 0 Å². The van der Waals surface area contributed by atoms with Crippen LogP contribution in [-0.4, -0.2) is 30.1 Å². The van der Waals surface area contributed by atoms with Gasteiger partial charge in [0, 0.05) is 17.5 Å². The molecule has 0 atom stereocenters. The minimum absolute atomic E-state index is 0.865. The standard InChI is InChI=1S/C12H10N4S.C5H8N2.C2H6/c1-8-13-7-10(14-8)12-16-15-11(17-12)9-5-3-2-4-6-9;1-4-3-6-5(2)7-4;1-2/h2-7H,1H3,(H,13,14);3H,1-2H3,(H,6,7);1-2H3. The Labute approximate surface area is 157 Å². The summed E-state index contributed by atoms with van der Waals surface area (Å²) in [4.78, 5) is 14.3. The van der Waals surface area contributed by atoms with E-state index in [-0.39, 0.29) is 0 Å². The lowest BCUT2D eigenvalue weighted by Crippen LogP contribution is -1.77. The lowest BCUT2D eigenvalue weighted by molar-refractivity contribution is 1.09. The van der Waals surface area contributed by atoms with Gasteiger partial charge in [-0.05, 0) is 20.8 Å². The summed E-state index contributed by atoms with van der Waals surface area (Å²) in [6.45, 7) is 9.84. The van der Waals surface area contributed by atoms with Crippen molar-refractivity contribution in [1.29, 1.82) is 0 Å². The smallest absolute Gasteiger partial charge is 0.166 e. The van der Waals surface area contributed by atoms with Crippen molar-refractivity contribution in [1.82, 2.24) is 30.1 Å². The van der Waals surface area contributed by atoms with E-state index in [1.54, 1.807) is 17.5 Å². The minimum atomic E-state index is 0.865. The van der Waals surface area contributed by atoms with Crippen molar-refractivity contribution in [3.63, 3.8) is 0 Å². The van der Waals surface area contributed by atoms with Gasteiger partial charge in [0.05, 0.1) is 11.9 Å². The normalized spacial score (nSPS) is 9.73. The third-order valence-electron chi connectivity index (χ3n) is 3.21. The zero-order valence-electron chi connectivity index (χ0n) is 15.7. The summed E-state index contributed by atoms with van der Waals surface area (Å²) >= 11 is 1.56. The second-order valence-corrected chi connectivity index (χ2v) is 6.29. The number of aromatic amines is 2. The van der Waals surface area contributed by atoms with Gasteiger partial charge in [0.15, 0.2) is 5.01 Å². The molecule has 0 spiro atoms. The average Bonchev–Trinajstić information content (AvgIpc) is 3.39. The number of rotatable bonds is 2. The van der Waals surface area contributed by atoms with E-state index in [0.29, 0.717) is 0 Å².